The van der Waals surface area contributed by atoms with Gasteiger partial charge in [-0.05, 0) is 25.5 Å². The molecule has 1 heterocycles. The smallest absolute Gasteiger partial charge is 0.248 e. The van der Waals surface area contributed by atoms with Crippen molar-refractivity contribution in [3.8, 4) is 0 Å². The van der Waals surface area contributed by atoms with Crippen LogP contribution in [0.15, 0.2) is 16.6 Å². The van der Waals surface area contributed by atoms with Gasteiger partial charge in [0, 0.05) is 10.0 Å². The first kappa shape index (κ1) is 9.68. The fraction of sp³-hybridized carbons (Fsp3) is 0.300. The number of nitrogens with two attached hydrogens (primary N) is 1. The highest BCUT2D eigenvalue weighted by Crippen LogP contribution is 2.40. The molecule has 3 N–H and O–H groups in total. The van der Waals surface area contributed by atoms with Crippen molar-refractivity contribution in [3.05, 3.63) is 27.7 Å². The second kappa shape index (κ2) is 2.81. The lowest BCUT2D eigenvalue weighted by molar-refractivity contribution is -0.120. The minimum Gasteiger partial charge on any atom is -0.324 e. The molecule has 1 aliphatic rings. The van der Waals surface area contributed by atoms with Gasteiger partial charge in [-0.2, -0.15) is 0 Å². The number of carbonyl (C=O) groups excluding carboxylic acids is 1. The number of anilines is 1. The van der Waals surface area contributed by atoms with Gasteiger partial charge in [0.15, 0.2) is 0 Å². The number of fused-ring (bicyclic) bond motifs is 1. The molecule has 1 aliphatic heterocycles. The summed E-state index contributed by atoms with van der Waals surface area (Å²) in [7, 11) is 0. The largest absolute Gasteiger partial charge is 0.324 e. The summed E-state index contributed by atoms with van der Waals surface area (Å²) in [5, 5.41) is 2.80. The van der Waals surface area contributed by atoms with Crippen LogP contribution in [0.5, 0.6) is 0 Å². The Hall–Kier alpha value is -0.870. The minimum absolute atomic E-state index is 0.150. The van der Waals surface area contributed by atoms with E-state index < -0.39 is 5.54 Å². The molecule has 14 heavy (non-hydrogen) atoms. The number of hydrogen-bond donors (Lipinski definition) is 2. The molecular weight excluding hydrogens is 244 g/mol. The Morgan fingerprint density at radius 2 is 2.14 bits per heavy atom. The molecule has 0 aliphatic carbocycles. The Bertz CT molecular complexity index is 426. The maximum atomic E-state index is 11.6. The van der Waals surface area contributed by atoms with Crippen LogP contribution < -0.4 is 11.1 Å². The third-order valence-corrected chi connectivity index (χ3v) is 3.25. The Morgan fingerprint density at radius 3 is 2.71 bits per heavy atom. The van der Waals surface area contributed by atoms with Gasteiger partial charge in [-0.3, -0.25) is 4.79 Å². The molecule has 1 atom stereocenters. The van der Waals surface area contributed by atoms with Crippen LogP contribution in [0, 0.1) is 6.92 Å². The summed E-state index contributed by atoms with van der Waals surface area (Å²) in [4.78, 5) is 11.6. The quantitative estimate of drug-likeness (QED) is 0.743. The summed E-state index contributed by atoms with van der Waals surface area (Å²) < 4.78 is 0.876. The number of amides is 1. The van der Waals surface area contributed by atoms with Crippen LogP contribution in [-0.4, -0.2) is 5.91 Å². The average Bonchev–Trinajstić information content (AvgIpc) is 2.33. The zero-order valence-electron chi connectivity index (χ0n) is 8.02. The molecule has 0 spiro atoms. The fourth-order valence-electron chi connectivity index (χ4n) is 1.71. The zero-order valence-corrected chi connectivity index (χ0v) is 9.60. The summed E-state index contributed by atoms with van der Waals surface area (Å²) in [6, 6.07) is 3.87. The Morgan fingerprint density at radius 1 is 1.50 bits per heavy atom. The summed E-state index contributed by atoms with van der Waals surface area (Å²) in [5.41, 5.74) is 7.75. The number of halogens is 1. The molecule has 74 valence electrons. The lowest BCUT2D eigenvalue weighted by atomic mass is 9.94. The number of benzene rings is 1. The minimum atomic E-state index is -0.930. The first-order valence-electron chi connectivity index (χ1n) is 4.34. The van der Waals surface area contributed by atoms with Gasteiger partial charge in [-0.15, -0.1) is 0 Å². The highest BCUT2D eigenvalue weighted by atomic mass is 79.9. The molecule has 0 saturated heterocycles. The molecule has 0 aromatic heterocycles. The number of hydrogen-bond acceptors (Lipinski definition) is 2. The molecule has 0 bridgehead atoms. The van der Waals surface area contributed by atoms with Crippen molar-refractivity contribution in [2.75, 3.05) is 5.32 Å². The summed E-state index contributed by atoms with van der Waals surface area (Å²) >= 11 is 3.41. The van der Waals surface area contributed by atoms with E-state index in [1.807, 2.05) is 19.1 Å². The number of carbonyl (C=O) groups is 1. The second-order valence-corrected chi connectivity index (χ2v) is 4.63. The first-order valence-corrected chi connectivity index (χ1v) is 5.14. The van der Waals surface area contributed by atoms with Gasteiger partial charge in [-0.25, -0.2) is 0 Å². The molecule has 1 amide bonds. The van der Waals surface area contributed by atoms with Gasteiger partial charge in [0.05, 0.1) is 5.69 Å². The lowest BCUT2D eigenvalue weighted by Crippen LogP contribution is -2.40. The normalized spacial score (nSPS) is 24.7. The van der Waals surface area contributed by atoms with Gasteiger partial charge in [0.1, 0.15) is 5.54 Å². The molecule has 1 aromatic rings. The molecule has 1 aromatic carbocycles. The first-order chi connectivity index (χ1) is 6.44. The molecule has 0 radical (unpaired) electrons. The van der Waals surface area contributed by atoms with Crippen molar-refractivity contribution in [1.29, 1.82) is 0 Å². The maximum absolute atomic E-state index is 11.6. The van der Waals surface area contributed by atoms with E-state index in [1.165, 1.54) is 0 Å². The van der Waals surface area contributed by atoms with Crippen molar-refractivity contribution >= 4 is 27.5 Å². The van der Waals surface area contributed by atoms with Crippen molar-refractivity contribution in [3.63, 3.8) is 0 Å². The molecular formula is C10H11BrN2O. The van der Waals surface area contributed by atoms with Crippen molar-refractivity contribution in [2.24, 2.45) is 5.73 Å². The van der Waals surface area contributed by atoms with Crippen LogP contribution in [0.25, 0.3) is 0 Å². The fourth-order valence-corrected chi connectivity index (χ4v) is 2.45. The third kappa shape index (κ3) is 1.11. The van der Waals surface area contributed by atoms with Gasteiger partial charge >= 0.3 is 0 Å². The van der Waals surface area contributed by atoms with E-state index in [4.69, 9.17) is 5.73 Å². The van der Waals surface area contributed by atoms with Crippen LogP contribution in [0.3, 0.4) is 0 Å². The summed E-state index contributed by atoms with van der Waals surface area (Å²) in [6.07, 6.45) is 0. The van der Waals surface area contributed by atoms with Crippen molar-refractivity contribution in [1.82, 2.24) is 0 Å². The molecule has 4 heteroatoms. The number of rotatable bonds is 0. The predicted molar refractivity (Wildman–Crippen MR) is 59.0 cm³/mol. The van der Waals surface area contributed by atoms with Gasteiger partial charge < -0.3 is 11.1 Å². The summed E-state index contributed by atoms with van der Waals surface area (Å²) in [5.74, 6) is -0.150. The van der Waals surface area contributed by atoms with Gasteiger partial charge in [-0.1, -0.05) is 22.0 Å². The molecule has 0 unspecified atom stereocenters. The monoisotopic (exact) mass is 254 g/mol. The van der Waals surface area contributed by atoms with Gasteiger partial charge in [0.25, 0.3) is 0 Å². The van der Waals surface area contributed by atoms with E-state index in [1.54, 1.807) is 6.92 Å². The maximum Gasteiger partial charge on any atom is 0.248 e. The van der Waals surface area contributed by atoms with Crippen LogP contribution in [0.1, 0.15) is 18.1 Å². The highest BCUT2D eigenvalue weighted by molar-refractivity contribution is 9.10. The Labute approximate surface area is 90.8 Å². The molecule has 2 rings (SSSR count). The van der Waals surface area contributed by atoms with Crippen LogP contribution >= 0.6 is 15.9 Å². The van der Waals surface area contributed by atoms with Crippen LogP contribution in [0.2, 0.25) is 0 Å². The lowest BCUT2D eigenvalue weighted by Gasteiger charge is -2.16. The number of aryl methyl sites for hydroxylation is 1. The standard InChI is InChI=1S/C10H11BrN2O/c1-5-3-4-6(11)7-8(5)13-9(14)10(7,2)12/h3-4H,12H2,1-2H3,(H,13,14)/t10-/m0/s1. The Kier molecular flexibility index (Phi) is 1.94. The van der Waals surface area contributed by atoms with E-state index >= 15 is 0 Å². The van der Waals surface area contributed by atoms with E-state index in [9.17, 15) is 4.79 Å². The predicted octanol–water partition coefficient (Wildman–Crippen LogP) is 1.88. The zero-order chi connectivity index (χ0) is 10.5. The van der Waals surface area contributed by atoms with Crippen molar-refractivity contribution in [2.45, 2.75) is 19.4 Å². The number of nitrogens with one attached hydrogen (secondary N) is 1. The molecule has 0 fully saturated rings. The van der Waals surface area contributed by atoms with Gasteiger partial charge in [0.2, 0.25) is 5.91 Å². The summed E-state index contributed by atoms with van der Waals surface area (Å²) in [6.45, 7) is 3.67. The van der Waals surface area contributed by atoms with Crippen LogP contribution in [0.4, 0.5) is 5.69 Å². The SMILES string of the molecule is Cc1ccc(Br)c2c1NC(=O)[C@@]2(C)N. The van der Waals surface area contributed by atoms with E-state index in [0.29, 0.717) is 0 Å². The second-order valence-electron chi connectivity index (χ2n) is 3.77. The van der Waals surface area contributed by atoms with E-state index in [0.717, 1.165) is 21.3 Å². The van der Waals surface area contributed by atoms with Crippen LogP contribution in [-0.2, 0) is 10.3 Å². The average molecular weight is 255 g/mol. The highest BCUT2D eigenvalue weighted by Gasteiger charge is 2.41. The van der Waals surface area contributed by atoms with Crippen molar-refractivity contribution < 1.29 is 4.79 Å². The van der Waals surface area contributed by atoms with E-state index in [-0.39, 0.29) is 5.91 Å². The molecule has 3 nitrogen and oxygen atoms in total. The Balaban J connectivity index is 2.76. The third-order valence-electron chi connectivity index (χ3n) is 2.59. The molecule has 0 saturated carbocycles. The van der Waals surface area contributed by atoms with E-state index in [2.05, 4.69) is 21.2 Å². The topological polar surface area (TPSA) is 55.1 Å².